The van der Waals surface area contributed by atoms with Crippen LogP contribution in [0.5, 0.6) is 5.75 Å². The molecule has 0 spiro atoms. The van der Waals surface area contributed by atoms with Gasteiger partial charge >= 0.3 is 11.9 Å². The van der Waals surface area contributed by atoms with Crippen LogP contribution in [0.4, 0.5) is 0 Å². The monoisotopic (exact) mass is 483 g/mol. The van der Waals surface area contributed by atoms with E-state index in [1.54, 1.807) is 6.07 Å². The summed E-state index contributed by atoms with van der Waals surface area (Å²) in [6.07, 6.45) is 1.86. The van der Waals surface area contributed by atoms with E-state index in [2.05, 4.69) is 45.0 Å². The van der Waals surface area contributed by atoms with Gasteiger partial charge in [-0.05, 0) is 49.2 Å². The summed E-state index contributed by atoms with van der Waals surface area (Å²) < 4.78 is 0. The van der Waals surface area contributed by atoms with Gasteiger partial charge in [0, 0.05) is 45.2 Å². The summed E-state index contributed by atoms with van der Waals surface area (Å²) in [5.41, 5.74) is 2.47. The fourth-order valence-corrected chi connectivity index (χ4v) is 4.48. The van der Waals surface area contributed by atoms with Crippen LogP contribution in [0.25, 0.3) is 0 Å². The van der Waals surface area contributed by atoms with Crippen LogP contribution in [-0.4, -0.2) is 87.1 Å². The van der Waals surface area contributed by atoms with E-state index in [1.807, 2.05) is 18.2 Å². The highest BCUT2D eigenvalue weighted by atomic mass is 16.4. The van der Waals surface area contributed by atoms with Gasteiger partial charge < -0.3 is 20.2 Å². The Hall–Kier alpha value is -3.43. The molecule has 9 heteroatoms. The van der Waals surface area contributed by atoms with Crippen LogP contribution in [0.2, 0.25) is 0 Å². The molecule has 0 atom stereocenters. The second kappa shape index (κ2) is 12.9. The molecule has 0 radical (unpaired) electrons. The van der Waals surface area contributed by atoms with Crippen molar-refractivity contribution in [2.75, 3.05) is 39.3 Å². The molecule has 9 nitrogen and oxygen atoms in total. The summed E-state index contributed by atoms with van der Waals surface area (Å²) in [6.45, 7) is 7.29. The Bertz CT molecular complexity index is 972. The van der Waals surface area contributed by atoms with Gasteiger partial charge in [-0.1, -0.05) is 42.5 Å². The van der Waals surface area contributed by atoms with Gasteiger partial charge in [0.25, 0.3) is 0 Å². The Morgan fingerprint density at radius 1 is 0.714 bits per heavy atom. The number of rotatable bonds is 5. The Balaban J connectivity index is 0.000000509. The number of carboxylic acids is 2. The third-order valence-corrected chi connectivity index (χ3v) is 6.37. The molecule has 0 aromatic heterocycles. The number of piperidine rings is 1. The number of phenolic OH excluding ortho intramolecular Hbond substituents is 1. The van der Waals surface area contributed by atoms with Crippen molar-refractivity contribution < 1.29 is 29.7 Å². The van der Waals surface area contributed by atoms with Crippen molar-refractivity contribution in [3.8, 4) is 5.75 Å². The van der Waals surface area contributed by atoms with Crippen LogP contribution >= 0.6 is 0 Å². The lowest BCUT2D eigenvalue weighted by molar-refractivity contribution is -0.159. The first-order valence-electron chi connectivity index (χ1n) is 11.8. The molecule has 2 aliphatic rings. The summed E-state index contributed by atoms with van der Waals surface area (Å²) >= 11 is 0. The molecule has 1 amide bonds. The van der Waals surface area contributed by atoms with E-state index in [9.17, 15) is 9.90 Å². The standard InChI is InChI=1S/C24H31N3O2.C2H2O4/c28-23-8-4-7-21(17-23)19-25-11-9-22(10-12-25)24(29)27-15-13-26(14-16-27)18-20-5-2-1-3-6-20;3-1(4)2(5)6/h1-8,17,22,28H,9-16,18-19H2;(H,3,4)(H,5,6). The maximum absolute atomic E-state index is 13.0. The number of phenols is 1. The number of benzene rings is 2. The van der Waals surface area contributed by atoms with Gasteiger partial charge in [0.05, 0.1) is 0 Å². The van der Waals surface area contributed by atoms with E-state index in [-0.39, 0.29) is 5.92 Å². The lowest BCUT2D eigenvalue weighted by Crippen LogP contribution is -2.51. The van der Waals surface area contributed by atoms with Gasteiger partial charge in [0.2, 0.25) is 5.91 Å². The number of carbonyl (C=O) groups is 3. The number of amides is 1. The molecule has 2 heterocycles. The molecule has 2 aromatic rings. The molecule has 0 aliphatic carbocycles. The van der Waals surface area contributed by atoms with Crippen molar-refractivity contribution in [2.24, 2.45) is 5.92 Å². The molecule has 2 aliphatic heterocycles. The molecule has 2 aromatic carbocycles. The summed E-state index contributed by atoms with van der Waals surface area (Å²) in [7, 11) is 0. The molecule has 0 saturated carbocycles. The zero-order valence-corrected chi connectivity index (χ0v) is 19.8. The van der Waals surface area contributed by atoms with E-state index in [0.29, 0.717) is 11.7 Å². The van der Waals surface area contributed by atoms with Crippen LogP contribution < -0.4 is 0 Å². The Labute approximate surface area is 205 Å². The first-order valence-corrected chi connectivity index (χ1v) is 11.8. The van der Waals surface area contributed by atoms with E-state index in [0.717, 1.165) is 70.8 Å². The minimum absolute atomic E-state index is 0.163. The number of hydrogen-bond acceptors (Lipinski definition) is 6. The van der Waals surface area contributed by atoms with Crippen molar-refractivity contribution >= 4 is 17.8 Å². The molecular formula is C26H33N3O6. The summed E-state index contributed by atoms with van der Waals surface area (Å²) in [4.78, 5) is 38.1. The lowest BCUT2D eigenvalue weighted by atomic mass is 9.94. The fraction of sp³-hybridized carbons (Fsp3) is 0.423. The van der Waals surface area contributed by atoms with E-state index in [1.165, 1.54) is 5.56 Å². The van der Waals surface area contributed by atoms with Crippen molar-refractivity contribution in [3.05, 3.63) is 65.7 Å². The quantitative estimate of drug-likeness (QED) is 0.553. The van der Waals surface area contributed by atoms with Gasteiger partial charge in [-0.15, -0.1) is 0 Å². The highest BCUT2D eigenvalue weighted by molar-refractivity contribution is 6.27. The van der Waals surface area contributed by atoms with Gasteiger partial charge in [0.1, 0.15) is 5.75 Å². The molecule has 4 rings (SSSR count). The highest BCUT2D eigenvalue weighted by Crippen LogP contribution is 2.23. The molecule has 0 unspecified atom stereocenters. The highest BCUT2D eigenvalue weighted by Gasteiger charge is 2.30. The van der Waals surface area contributed by atoms with Crippen molar-refractivity contribution in [2.45, 2.75) is 25.9 Å². The number of piperazine rings is 1. The lowest BCUT2D eigenvalue weighted by Gasteiger charge is -2.38. The van der Waals surface area contributed by atoms with Crippen LogP contribution in [0.15, 0.2) is 54.6 Å². The van der Waals surface area contributed by atoms with Gasteiger partial charge in [-0.2, -0.15) is 0 Å². The zero-order chi connectivity index (χ0) is 25.2. The smallest absolute Gasteiger partial charge is 0.414 e. The number of nitrogens with zero attached hydrogens (tertiary/aromatic N) is 3. The van der Waals surface area contributed by atoms with E-state index < -0.39 is 11.9 Å². The van der Waals surface area contributed by atoms with Gasteiger partial charge in [-0.3, -0.25) is 14.6 Å². The summed E-state index contributed by atoms with van der Waals surface area (Å²) in [5, 5.41) is 24.4. The number of hydrogen-bond donors (Lipinski definition) is 3. The Morgan fingerprint density at radius 2 is 1.26 bits per heavy atom. The maximum Gasteiger partial charge on any atom is 0.414 e. The van der Waals surface area contributed by atoms with Crippen LogP contribution in [0, 0.1) is 5.92 Å². The van der Waals surface area contributed by atoms with Crippen molar-refractivity contribution in [3.63, 3.8) is 0 Å². The number of likely N-dealkylation sites (tertiary alicyclic amines) is 1. The molecule has 35 heavy (non-hydrogen) atoms. The number of carbonyl (C=O) groups excluding carboxylic acids is 1. The van der Waals surface area contributed by atoms with E-state index in [4.69, 9.17) is 19.8 Å². The summed E-state index contributed by atoms with van der Waals surface area (Å²) in [5.74, 6) is -2.82. The average Bonchev–Trinajstić information content (AvgIpc) is 2.86. The molecule has 2 saturated heterocycles. The molecule has 188 valence electrons. The zero-order valence-electron chi connectivity index (χ0n) is 19.8. The van der Waals surface area contributed by atoms with Crippen molar-refractivity contribution in [1.29, 1.82) is 0 Å². The third kappa shape index (κ3) is 8.38. The van der Waals surface area contributed by atoms with Crippen LogP contribution in [0.1, 0.15) is 24.0 Å². The number of aromatic hydroxyl groups is 1. The SMILES string of the molecule is O=C(C1CCN(Cc2cccc(O)c2)CC1)N1CCN(Cc2ccccc2)CC1.O=C(O)C(=O)O. The fourth-order valence-electron chi connectivity index (χ4n) is 4.48. The minimum atomic E-state index is -1.82. The maximum atomic E-state index is 13.0. The second-order valence-electron chi connectivity index (χ2n) is 8.92. The predicted octanol–water partition coefficient (Wildman–Crippen LogP) is 2.10. The van der Waals surface area contributed by atoms with Crippen LogP contribution in [0.3, 0.4) is 0 Å². The first kappa shape index (κ1) is 26.2. The van der Waals surface area contributed by atoms with Gasteiger partial charge in [0.15, 0.2) is 0 Å². The molecule has 3 N–H and O–H groups in total. The average molecular weight is 484 g/mol. The summed E-state index contributed by atoms with van der Waals surface area (Å²) in [6, 6.07) is 18.0. The molecular weight excluding hydrogens is 450 g/mol. The van der Waals surface area contributed by atoms with Crippen molar-refractivity contribution in [1.82, 2.24) is 14.7 Å². The largest absolute Gasteiger partial charge is 0.508 e. The number of aliphatic carboxylic acids is 2. The second-order valence-corrected chi connectivity index (χ2v) is 8.92. The third-order valence-electron chi connectivity index (χ3n) is 6.37. The van der Waals surface area contributed by atoms with Gasteiger partial charge in [-0.25, -0.2) is 9.59 Å². The molecule has 2 fully saturated rings. The topological polar surface area (TPSA) is 122 Å². The first-order chi connectivity index (χ1) is 16.8. The van der Waals surface area contributed by atoms with E-state index >= 15 is 0 Å². The normalized spacial score (nSPS) is 17.3. The Kier molecular flexibility index (Phi) is 9.63. The predicted molar refractivity (Wildman–Crippen MR) is 130 cm³/mol. The number of carboxylic acid groups (broad SMARTS) is 2. The molecule has 0 bridgehead atoms. The van der Waals surface area contributed by atoms with Crippen LogP contribution in [-0.2, 0) is 27.5 Å². The minimum Gasteiger partial charge on any atom is -0.508 e. The Morgan fingerprint density at radius 3 is 1.83 bits per heavy atom.